The maximum absolute atomic E-state index is 12.6. The molecule has 1 aromatic carbocycles. The smallest absolute Gasteiger partial charge is 0.389 e. The number of aromatic nitrogens is 4. The summed E-state index contributed by atoms with van der Waals surface area (Å²) in [4.78, 5) is 43.3. The second kappa shape index (κ2) is 10.2. The molecule has 0 fully saturated rings. The average molecular weight is 520 g/mol. The van der Waals surface area contributed by atoms with Crippen molar-refractivity contribution in [2.75, 3.05) is 12.4 Å². The van der Waals surface area contributed by atoms with Gasteiger partial charge in [0.2, 0.25) is 11.0 Å². The van der Waals surface area contributed by atoms with E-state index in [-0.39, 0.29) is 23.1 Å². The Kier molecular flexibility index (Phi) is 7.05. The van der Waals surface area contributed by atoms with Gasteiger partial charge < -0.3 is 15.0 Å². The number of aryl methyl sites for hydroxylation is 1. The van der Waals surface area contributed by atoms with E-state index in [4.69, 9.17) is 16.3 Å². The van der Waals surface area contributed by atoms with E-state index in [1.165, 1.54) is 30.3 Å². The Bertz CT molecular complexity index is 1420. The van der Waals surface area contributed by atoms with Crippen molar-refractivity contribution in [2.24, 2.45) is 7.05 Å². The lowest BCUT2D eigenvalue weighted by atomic mass is 10.2. The summed E-state index contributed by atoms with van der Waals surface area (Å²) >= 11 is 8.24. The number of ether oxygens (including phenoxy) is 1. The minimum Gasteiger partial charge on any atom is -0.389 e. The zero-order valence-corrected chi connectivity index (χ0v) is 20.3. The van der Waals surface area contributed by atoms with E-state index >= 15 is 0 Å². The summed E-state index contributed by atoms with van der Waals surface area (Å²) in [5.41, 5.74) is -0.293. The number of benzene rings is 1. The number of carbonyl (C=O) groups excluding carboxylic acids is 2. The highest BCUT2D eigenvalue weighted by molar-refractivity contribution is 7.16. The normalized spacial score (nSPS) is 10.8. The SMILES string of the molecule is CN(Cc1nsc(NC(=O)NCc2ccc(Cl)s2)n1)C(=O)Oc1nn(C)c(=O)c2ccccc12. The average Bonchev–Trinajstić information content (AvgIpc) is 3.44. The first-order valence-electron chi connectivity index (χ1n) is 9.81. The van der Waals surface area contributed by atoms with Crippen LogP contribution in [0, 0.1) is 0 Å². The first-order chi connectivity index (χ1) is 16.3. The van der Waals surface area contributed by atoms with Gasteiger partial charge in [-0.05, 0) is 24.3 Å². The van der Waals surface area contributed by atoms with Crippen LogP contribution in [0.25, 0.3) is 10.8 Å². The van der Waals surface area contributed by atoms with Gasteiger partial charge in [-0.25, -0.2) is 19.3 Å². The predicted molar refractivity (Wildman–Crippen MR) is 130 cm³/mol. The number of thiophene rings is 1. The van der Waals surface area contributed by atoms with Crippen LogP contribution < -0.4 is 20.9 Å². The number of hydrogen-bond donors (Lipinski definition) is 2. The highest BCUT2D eigenvalue weighted by Crippen LogP contribution is 2.22. The molecule has 0 spiro atoms. The molecule has 4 aromatic rings. The minimum atomic E-state index is -0.701. The fraction of sp³-hybridized carbons (Fsp3) is 0.200. The van der Waals surface area contributed by atoms with E-state index in [1.807, 2.05) is 6.07 Å². The van der Waals surface area contributed by atoms with Crippen molar-refractivity contribution in [1.82, 2.24) is 29.4 Å². The monoisotopic (exact) mass is 519 g/mol. The molecule has 2 N–H and O–H groups in total. The van der Waals surface area contributed by atoms with Crippen LogP contribution in [0.2, 0.25) is 4.34 Å². The fourth-order valence-electron chi connectivity index (χ4n) is 2.90. The summed E-state index contributed by atoms with van der Waals surface area (Å²) in [6, 6.07) is 9.90. The molecule has 11 nitrogen and oxygen atoms in total. The van der Waals surface area contributed by atoms with Gasteiger partial charge in [0.25, 0.3) is 5.56 Å². The molecule has 0 aliphatic carbocycles. The zero-order valence-electron chi connectivity index (χ0n) is 17.9. The van der Waals surface area contributed by atoms with Crippen LogP contribution >= 0.6 is 34.5 Å². The van der Waals surface area contributed by atoms with Crippen molar-refractivity contribution in [3.8, 4) is 5.88 Å². The Morgan fingerprint density at radius 3 is 2.71 bits per heavy atom. The molecule has 3 amide bonds. The third-order valence-electron chi connectivity index (χ3n) is 4.54. The lowest BCUT2D eigenvalue weighted by molar-refractivity contribution is 0.157. The molecule has 14 heteroatoms. The number of nitrogens with one attached hydrogen (secondary N) is 2. The number of nitrogens with zero attached hydrogens (tertiary/aromatic N) is 5. The van der Waals surface area contributed by atoms with Gasteiger partial charge in [-0.1, -0.05) is 23.7 Å². The molecule has 34 heavy (non-hydrogen) atoms. The first-order valence-corrected chi connectivity index (χ1v) is 11.8. The summed E-state index contributed by atoms with van der Waals surface area (Å²) in [6.07, 6.45) is -0.701. The van der Waals surface area contributed by atoms with Gasteiger partial charge >= 0.3 is 12.1 Å². The predicted octanol–water partition coefficient (Wildman–Crippen LogP) is 3.45. The molecule has 176 valence electrons. The number of amides is 3. The molecule has 3 heterocycles. The van der Waals surface area contributed by atoms with Crippen molar-refractivity contribution >= 4 is 62.5 Å². The van der Waals surface area contributed by atoms with Gasteiger partial charge in [0, 0.05) is 30.5 Å². The molecule has 0 saturated heterocycles. The zero-order chi connectivity index (χ0) is 24.2. The molecular weight excluding hydrogens is 502 g/mol. The molecule has 0 atom stereocenters. The minimum absolute atomic E-state index is 0.0202. The van der Waals surface area contributed by atoms with E-state index in [1.54, 1.807) is 30.3 Å². The Morgan fingerprint density at radius 1 is 1.21 bits per heavy atom. The van der Waals surface area contributed by atoms with Crippen LogP contribution in [0.1, 0.15) is 10.7 Å². The summed E-state index contributed by atoms with van der Waals surface area (Å²) in [6.45, 7) is 0.368. The molecular formula is C20H18ClN7O4S2. The van der Waals surface area contributed by atoms with Gasteiger partial charge in [-0.3, -0.25) is 10.1 Å². The van der Waals surface area contributed by atoms with E-state index < -0.39 is 12.1 Å². The highest BCUT2D eigenvalue weighted by atomic mass is 35.5. The summed E-state index contributed by atoms with van der Waals surface area (Å²) in [5, 5.41) is 10.5. The van der Waals surface area contributed by atoms with Crippen molar-refractivity contribution in [2.45, 2.75) is 13.1 Å². The standard InChI is InChI=1S/C20H18ClN7O4S2/c1-27(20(31)32-16-12-5-3-4-6-13(12)17(29)28(2)25-16)10-15-23-19(34-26-15)24-18(30)22-9-11-7-8-14(21)33-11/h3-8H,9-10H2,1-2H3,(H2,22,23,24,26,30). The maximum Gasteiger partial charge on any atom is 0.416 e. The number of urea groups is 1. The van der Waals surface area contributed by atoms with E-state index in [0.717, 1.165) is 21.1 Å². The van der Waals surface area contributed by atoms with Crippen LogP contribution in [0.5, 0.6) is 5.88 Å². The van der Waals surface area contributed by atoms with Gasteiger partial charge in [0.1, 0.15) is 0 Å². The first kappa shape index (κ1) is 23.6. The molecule has 3 aromatic heterocycles. The molecule has 4 rings (SSSR count). The number of hydrogen-bond acceptors (Lipinski definition) is 9. The topological polar surface area (TPSA) is 131 Å². The van der Waals surface area contributed by atoms with Crippen LogP contribution in [0.4, 0.5) is 14.7 Å². The molecule has 0 unspecified atom stereocenters. The van der Waals surface area contributed by atoms with E-state index in [2.05, 4.69) is 25.1 Å². The van der Waals surface area contributed by atoms with Crippen LogP contribution in [-0.4, -0.2) is 43.2 Å². The van der Waals surface area contributed by atoms with Gasteiger partial charge in [0.05, 0.1) is 28.2 Å². The molecule has 0 saturated carbocycles. The van der Waals surface area contributed by atoms with Crippen molar-refractivity contribution in [3.05, 3.63) is 61.8 Å². The number of rotatable bonds is 6. The summed E-state index contributed by atoms with van der Waals surface area (Å²) in [7, 11) is 2.99. The van der Waals surface area contributed by atoms with Crippen LogP contribution in [0.3, 0.4) is 0 Å². The number of anilines is 1. The van der Waals surface area contributed by atoms with E-state index in [0.29, 0.717) is 27.5 Å². The summed E-state index contributed by atoms with van der Waals surface area (Å²) in [5.74, 6) is 0.343. The second-order valence-corrected chi connectivity index (χ2v) is 9.58. The number of halogens is 1. The molecule has 0 aliphatic rings. The Labute approximate surface area is 206 Å². The van der Waals surface area contributed by atoms with Gasteiger partial charge in [-0.15, -0.1) is 16.4 Å². The second-order valence-electron chi connectivity index (χ2n) is 7.03. The number of fused-ring (bicyclic) bond motifs is 1. The Morgan fingerprint density at radius 2 is 1.97 bits per heavy atom. The van der Waals surface area contributed by atoms with Crippen molar-refractivity contribution in [3.63, 3.8) is 0 Å². The highest BCUT2D eigenvalue weighted by Gasteiger charge is 2.19. The van der Waals surface area contributed by atoms with E-state index in [9.17, 15) is 14.4 Å². The third-order valence-corrected chi connectivity index (χ3v) is 6.44. The molecule has 0 aliphatic heterocycles. The molecule has 0 radical (unpaired) electrons. The number of carbonyl (C=O) groups is 2. The Hall–Kier alpha value is -3.55. The van der Waals surface area contributed by atoms with Crippen LogP contribution in [0.15, 0.2) is 41.2 Å². The fourth-order valence-corrected chi connectivity index (χ4v) is 4.51. The lowest BCUT2D eigenvalue weighted by Crippen LogP contribution is -2.31. The maximum atomic E-state index is 12.6. The Balaban J connectivity index is 1.34. The molecule has 0 bridgehead atoms. The third kappa shape index (κ3) is 5.50. The largest absolute Gasteiger partial charge is 0.416 e. The summed E-state index contributed by atoms with van der Waals surface area (Å²) < 4.78 is 11.3. The van der Waals surface area contributed by atoms with Crippen molar-refractivity contribution in [1.29, 1.82) is 0 Å². The van der Waals surface area contributed by atoms with Crippen molar-refractivity contribution < 1.29 is 14.3 Å². The van der Waals surface area contributed by atoms with Crippen LogP contribution in [-0.2, 0) is 20.1 Å². The van der Waals surface area contributed by atoms with Gasteiger partial charge in [0.15, 0.2) is 5.82 Å². The van der Waals surface area contributed by atoms with Gasteiger partial charge in [-0.2, -0.15) is 4.37 Å². The lowest BCUT2D eigenvalue weighted by Gasteiger charge is -2.15. The quantitative estimate of drug-likeness (QED) is 0.398.